The van der Waals surface area contributed by atoms with Gasteiger partial charge in [0.05, 0.1) is 0 Å². The highest BCUT2D eigenvalue weighted by molar-refractivity contribution is 5.79. The Hall–Kier alpha value is -1.10. The van der Waals surface area contributed by atoms with Gasteiger partial charge in [0, 0.05) is 25.4 Å². The van der Waals surface area contributed by atoms with Gasteiger partial charge in [0.15, 0.2) is 0 Å². The fraction of sp³-hybridized carbons (Fsp3) is 0.867. The molecule has 5 nitrogen and oxygen atoms in total. The highest BCUT2D eigenvalue weighted by Crippen LogP contribution is 2.16. The Bertz CT molecular complexity index is 274. The van der Waals surface area contributed by atoms with Gasteiger partial charge in [0.2, 0.25) is 11.8 Å². The molecular formula is C15H31N3O2. The molecule has 0 aromatic heterocycles. The second-order valence-electron chi connectivity index (χ2n) is 5.59. The van der Waals surface area contributed by atoms with Crippen LogP contribution in [0.5, 0.6) is 0 Å². The Morgan fingerprint density at radius 2 is 1.75 bits per heavy atom. The van der Waals surface area contributed by atoms with Gasteiger partial charge in [-0.05, 0) is 39.2 Å². The van der Waals surface area contributed by atoms with Gasteiger partial charge in [-0.3, -0.25) is 9.59 Å². The number of rotatable bonds is 11. The molecule has 0 bridgehead atoms. The monoisotopic (exact) mass is 285 g/mol. The van der Waals surface area contributed by atoms with E-state index in [0.717, 1.165) is 25.7 Å². The molecule has 0 aliphatic carbocycles. The number of carbonyl (C=O) groups is 2. The van der Waals surface area contributed by atoms with E-state index in [9.17, 15) is 9.59 Å². The average molecular weight is 285 g/mol. The SMILES string of the molecule is CCCC(CCN)CCC(=O)NCCC(=O)NC(C)C. The third-order valence-corrected chi connectivity index (χ3v) is 3.18. The number of amides is 2. The van der Waals surface area contributed by atoms with E-state index in [0.29, 0.717) is 31.8 Å². The number of nitrogens with one attached hydrogen (secondary N) is 2. The van der Waals surface area contributed by atoms with E-state index in [-0.39, 0.29) is 17.9 Å². The minimum Gasteiger partial charge on any atom is -0.356 e. The van der Waals surface area contributed by atoms with E-state index in [1.807, 2.05) is 13.8 Å². The Kier molecular flexibility index (Phi) is 11.1. The van der Waals surface area contributed by atoms with Crippen LogP contribution in [0.3, 0.4) is 0 Å². The molecule has 1 unspecified atom stereocenters. The molecule has 118 valence electrons. The Morgan fingerprint density at radius 1 is 1.05 bits per heavy atom. The molecule has 0 aliphatic heterocycles. The van der Waals surface area contributed by atoms with Crippen molar-refractivity contribution in [2.24, 2.45) is 11.7 Å². The minimum absolute atomic E-state index is 0.0210. The van der Waals surface area contributed by atoms with E-state index in [4.69, 9.17) is 5.73 Å². The minimum atomic E-state index is -0.0210. The van der Waals surface area contributed by atoms with Crippen LogP contribution in [-0.4, -0.2) is 30.9 Å². The van der Waals surface area contributed by atoms with Crippen molar-refractivity contribution in [3.8, 4) is 0 Å². The predicted octanol–water partition coefficient (Wildman–Crippen LogP) is 1.56. The molecule has 0 saturated carbocycles. The smallest absolute Gasteiger partial charge is 0.221 e. The van der Waals surface area contributed by atoms with E-state index < -0.39 is 0 Å². The van der Waals surface area contributed by atoms with Gasteiger partial charge in [0.25, 0.3) is 0 Å². The van der Waals surface area contributed by atoms with E-state index in [1.165, 1.54) is 0 Å². The zero-order valence-corrected chi connectivity index (χ0v) is 13.2. The second kappa shape index (κ2) is 11.7. The van der Waals surface area contributed by atoms with Crippen molar-refractivity contribution in [3.05, 3.63) is 0 Å². The van der Waals surface area contributed by atoms with Gasteiger partial charge in [-0.1, -0.05) is 19.8 Å². The summed E-state index contributed by atoms with van der Waals surface area (Å²) in [5.41, 5.74) is 5.57. The topological polar surface area (TPSA) is 84.2 Å². The lowest BCUT2D eigenvalue weighted by molar-refractivity contribution is -0.122. The molecule has 0 spiro atoms. The number of hydrogen-bond donors (Lipinski definition) is 3. The predicted molar refractivity (Wildman–Crippen MR) is 82.2 cm³/mol. The summed E-state index contributed by atoms with van der Waals surface area (Å²) >= 11 is 0. The zero-order valence-electron chi connectivity index (χ0n) is 13.2. The fourth-order valence-corrected chi connectivity index (χ4v) is 2.21. The molecule has 0 aromatic rings. The van der Waals surface area contributed by atoms with Crippen LogP contribution in [0.1, 0.15) is 59.3 Å². The first-order chi connectivity index (χ1) is 9.49. The standard InChI is InChI=1S/C15H31N3O2/c1-4-5-13(8-10-16)6-7-14(19)17-11-9-15(20)18-12(2)3/h12-13H,4-11,16H2,1-3H3,(H,17,19)(H,18,20). The summed E-state index contributed by atoms with van der Waals surface area (Å²) in [6.45, 7) is 7.08. The van der Waals surface area contributed by atoms with Crippen LogP contribution in [-0.2, 0) is 9.59 Å². The molecule has 20 heavy (non-hydrogen) atoms. The van der Waals surface area contributed by atoms with Crippen LogP contribution in [0.25, 0.3) is 0 Å². The van der Waals surface area contributed by atoms with Gasteiger partial charge < -0.3 is 16.4 Å². The molecule has 0 aliphatic rings. The van der Waals surface area contributed by atoms with Crippen LogP contribution in [0.4, 0.5) is 0 Å². The summed E-state index contributed by atoms with van der Waals surface area (Å²) in [5.74, 6) is 0.549. The highest BCUT2D eigenvalue weighted by Gasteiger charge is 2.10. The molecule has 5 heteroatoms. The zero-order chi connectivity index (χ0) is 15.4. The molecule has 0 heterocycles. The molecule has 0 saturated heterocycles. The molecule has 0 aromatic carbocycles. The Balaban J connectivity index is 3.74. The number of carbonyl (C=O) groups excluding carboxylic acids is 2. The van der Waals surface area contributed by atoms with Crippen LogP contribution < -0.4 is 16.4 Å². The van der Waals surface area contributed by atoms with Crippen molar-refractivity contribution in [2.45, 2.75) is 65.3 Å². The van der Waals surface area contributed by atoms with Crippen molar-refractivity contribution in [1.29, 1.82) is 0 Å². The maximum Gasteiger partial charge on any atom is 0.221 e. The molecule has 2 amide bonds. The van der Waals surface area contributed by atoms with Crippen LogP contribution in [0.15, 0.2) is 0 Å². The number of nitrogens with two attached hydrogens (primary N) is 1. The van der Waals surface area contributed by atoms with Gasteiger partial charge in [-0.25, -0.2) is 0 Å². The van der Waals surface area contributed by atoms with Crippen LogP contribution >= 0.6 is 0 Å². The summed E-state index contributed by atoms with van der Waals surface area (Å²) in [6.07, 6.45) is 4.98. The molecule has 4 N–H and O–H groups in total. The van der Waals surface area contributed by atoms with Crippen molar-refractivity contribution < 1.29 is 9.59 Å². The first-order valence-corrected chi connectivity index (χ1v) is 7.75. The van der Waals surface area contributed by atoms with Gasteiger partial charge >= 0.3 is 0 Å². The molecular weight excluding hydrogens is 254 g/mol. The van der Waals surface area contributed by atoms with Gasteiger partial charge in [-0.2, -0.15) is 0 Å². The maximum absolute atomic E-state index is 11.7. The fourth-order valence-electron chi connectivity index (χ4n) is 2.21. The number of hydrogen-bond acceptors (Lipinski definition) is 3. The third kappa shape index (κ3) is 10.8. The molecule has 0 fully saturated rings. The second-order valence-corrected chi connectivity index (χ2v) is 5.59. The van der Waals surface area contributed by atoms with Gasteiger partial charge in [-0.15, -0.1) is 0 Å². The first kappa shape index (κ1) is 18.9. The lowest BCUT2D eigenvalue weighted by Crippen LogP contribution is -2.34. The summed E-state index contributed by atoms with van der Waals surface area (Å²) in [5, 5.41) is 5.59. The quantitative estimate of drug-likeness (QED) is 0.538. The molecule has 1 atom stereocenters. The Labute approximate surface area is 123 Å². The first-order valence-electron chi connectivity index (χ1n) is 7.75. The third-order valence-electron chi connectivity index (χ3n) is 3.18. The summed E-state index contributed by atoms with van der Waals surface area (Å²) in [4.78, 5) is 23.1. The summed E-state index contributed by atoms with van der Waals surface area (Å²) < 4.78 is 0. The highest BCUT2D eigenvalue weighted by atomic mass is 16.2. The van der Waals surface area contributed by atoms with E-state index >= 15 is 0 Å². The summed E-state index contributed by atoms with van der Waals surface area (Å²) in [7, 11) is 0. The van der Waals surface area contributed by atoms with Crippen molar-refractivity contribution >= 4 is 11.8 Å². The normalized spacial score (nSPS) is 12.2. The largest absolute Gasteiger partial charge is 0.356 e. The van der Waals surface area contributed by atoms with Crippen molar-refractivity contribution in [3.63, 3.8) is 0 Å². The summed E-state index contributed by atoms with van der Waals surface area (Å²) in [6, 6.07) is 0.143. The lowest BCUT2D eigenvalue weighted by atomic mass is 9.94. The lowest BCUT2D eigenvalue weighted by Gasteiger charge is -2.14. The average Bonchev–Trinajstić information content (AvgIpc) is 2.35. The van der Waals surface area contributed by atoms with E-state index in [2.05, 4.69) is 17.6 Å². The van der Waals surface area contributed by atoms with Crippen molar-refractivity contribution in [2.75, 3.05) is 13.1 Å². The molecule has 0 rings (SSSR count). The van der Waals surface area contributed by atoms with Crippen molar-refractivity contribution in [1.82, 2.24) is 10.6 Å². The maximum atomic E-state index is 11.7. The van der Waals surface area contributed by atoms with Crippen LogP contribution in [0.2, 0.25) is 0 Å². The van der Waals surface area contributed by atoms with Crippen LogP contribution in [0, 0.1) is 5.92 Å². The molecule has 0 radical (unpaired) electrons. The van der Waals surface area contributed by atoms with E-state index in [1.54, 1.807) is 0 Å². The van der Waals surface area contributed by atoms with Gasteiger partial charge in [0.1, 0.15) is 0 Å². The Morgan fingerprint density at radius 3 is 2.30 bits per heavy atom.